The average molecular weight is 257 g/mol. The third-order valence-electron chi connectivity index (χ3n) is 2.09. The molecule has 2 aromatic rings. The van der Waals surface area contributed by atoms with Gasteiger partial charge in [0.15, 0.2) is 11.6 Å². The van der Waals surface area contributed by atoms with Crippen LogP contribution in [0.3, 0.4) is 0 Å². The van der Waals surface area contributed by atoms with Gasteiger partial charge in [0, 0.05) is 5.56 Å². The van der Waals surface area contributed by atoms with E-state index in [1.54, 1.807) is 0 Å². The molecule has 0 aliphatic carbocycles. The first kappa shape index (κ1) is 11.5. The second-order valence-corrected chi connectivity index (χ2v) is 3.69. The highest BCUT2D eigenvalue weighted by molar-refractivity contribution is 6.32. The van der Waals surface area contributed by atoms with Crippen LogP contribution in [0.15, 0.2) is 18.3 Å². The molecule has 17 heavy (non-hydrogen) atoms. The summed E-state index contributed by atoms with van der Waals surface area (Å²) in [6, 6.07) is 2.17. The zero-order valence-corrected chi connectivity index (χ0v) is 9.17. The molecule has 1 aromatic carbocycles. The maximum Gasteiger partial charge on any atom is 0.220 e. The van der Waals surface area contributed by atoms with Crippen LogP contribution < -0.4 is 11.5 Å². The van der Waals surface area contributed by atoms with Gasteiger partial charge in [0.1, 0.15) is 0 Å². The summed E-state index contributed by atoms with van der Waals surface area (Å²) in [5.74, 6) is -2.20. The number of nitrogen functional groups attached to an aromatic ring is 2. The molecular weight excluding hydrogens is 250 g/mol. The molecule has 0 fully saturated rings. The van der Waals surface area contributed by atoms with Crippen molar-refractivity contribution < 1.29 is 8.78 Å². The van der Waals surface area contributed by atoms with Crippen LogP contribution in [0.4, 0.5) is 20.4 Å². The van der Waals surface area contributed by atoms with E-state index < -0.39 is 11.6 Å². The summed E-state index contributed by atoms with van der Waals surface area (Å²) >= 11 is 5.84. The van der Waals surface area contributed by atoms with E-state index in [0.29, 0.717) is 0 Å². The molecule has 0 spiro atoms. The van der Waals surface area contributed by atoms with Crippen LogP contribution in [0.25, 0.3) is 11.3 Å². The van der Waals surface area contributed by atoms with Gasteiger partial charge in [0.2, 0.25) is 5.95 Å². The number of nitrogens with zero attached hydrogens (tertiary/aromatic N) is 2. The highest BCUT2D eigenvalue weighted by atomic mass is 35.5. The van der Waals surface area contributed by atoms with E-state index >= 15 is 0 Å². The Morgan fingerprint density at radius 2 is 1.88 bits per heavy atom. The topological polar surface area (TPSA) is 77.8 Å². The van der Waals surface area contributed by atoms with Gasteiger partial charge in [0.25, 0.3) is 0 Å². The van der Waals surface area contributed by atoms with Crippen LogP contribution in [-0.4, -0.2) is 9.97 Å². The Balaban J connectivity index is 2.64. The van der Waals surface area contributed by atoms with E-state index in [4.69, 9.17) is 23.1 Å². The molecule has 88 valence electrons. The maximum absolute atomic E-state index is 13.2. The van der Waals surface area contributed by atoms with Crippen molar-refractivity contribution in [3.63, 3.8) is 0 Å². The summed E-state index contributed by atoms with van der Waals surface area (Å²) < 4.78 is 26.2. The van der Waals surface area contributed by atoms with Gasteiger partial charge in [-0.1, -0.05) is 11.6 Å². The molecular formula is C10H7ClF2N4. The Morgan fingerprint density at radius 1 is 1.18 bits per heavy atom. The van der Waals surface area contributed by atoms with Crippen molar-refractivity contribution in [3.8, 4) is 11.3 Å². The summed E-state index contributed by atoms with van der Waals surface area (Å²) in [5.41, 5.74) is 10.8. The summed E-state index contributed by atoms with van der Waals surface area (Å²) in [5, 5.41) is 0.171. The molecule has 0 aliphatic rings. The van der Waals surface area contributed by atoms with Gasteiger partial charge in [0.05, 0.1) is 22.6 Å². The van der Waals surface area contributed by atoms with Crippen LogP contribution in [0.1, 0.15) is 0 Å². The molecule has 0 amide bonds. The minimum atomic E-state index is -1.10. The minimum absolute atomic E-state index is 0.0206. The molecule has 2 rings (SSSR count). The number of hydrogen-bond acceptors (Lipinski definition) is 4. The number of hydrogen-bond donors (Lipinski definition) is 2. The SMILES string of the molecule is Nc1ncc(Cl)c(-c2cc(N)c(F)c(F)c2)n1. The van der Waals surface area contributed by atoms with E-state index in [-0.39, 0.29) is 27.9 Å². The van der Waals surface area contributed by atoms with E-state index in [2.05, 4.69) is 9.97 Å². The Labute approximate surface area is 100 Å². The van der Waals surface area contributed by atoms with Crippen LogP contribution >= 0.6 is 11.6 Å². The van der Waals surface area contributed by atoms with E-state index in [1.807, 2.05) is 0 Å². The number of nitrogens with two attached hydrogens (primary N) is 2. The lowest BCUT2D eigenvalue weighted by Crippen LogP contribution is -1.99. The lowest BCUT2D eigenvalue weighted by atomic mass is 10.1. The third kappa shape index (κ3) is 2.12. The standard InChI is InChI=1S/C10H7ClF2N4/c11-5-3-16-10(15)17-9(5)4-1-6(12)8(13)7(14)2-4/h1-3H,14H2,(H2,15,16,17). The van der Waals surface area contributed by atoms with Gasteiger partial charge in [-0.3, -0.25) is 0 Å². The van der Waals surface area contributed by atoms with E-state index in [9.17, 15) is 8.78 Å². The van der Waals surface area contributed by atoms with Crippen LogP contribution in [0.5, 0.6) is 0 Å². The molecule has 4 nitrogen and oxygen atoms in total. The monoisotopic (exact) mass is 256 g/mol. The normalized spacial score (nSPS) is 10.5. The molecule has 0 saturated carbocycles. The summed E-state index contributed by atoms with van der Waals surface area (Å²) in [6.45, 7) is 0. The van der Waals surface area contributed by atoms with Crippen molar-refractivity contribution in [2.75, 3.05) is 11.5 Å². The van der Waals surface area contributed by atoms with Crippen molar-refractivity contribution in [1.29, 1.82) is 0 Å². The predicted molar refractivity (Wildman–Crippen MR) is 61.2 cm³/mol. The van der Waals surface area contributed by atoms with Gasteiger partial charge in [-0.15, -0.1) is 0 Å². The van der Waals surface area contributed by atoms with Crippen molar-refractivity contribution in [3.05, 3.63) is 35.0 Å². The summed E-state index contributed by atoms with van der Waals surface area (Å²) in [4.78, 5) is 7.51. The number of aromatic nitrogens is 2. The first-order valence-electron chi connectivity index (χ1n) is 4.52. The fraction of sp³-hybridized carbons (Fsp3) is 0. The highest BCUT2D eigenvalue weighted by Gasteiger charge is 2.13. The molecule has 0 bridgehead atoms. The summed E-state index contributed by atoms with van der Waals surface area (Å²) in [6.07, 6.45) is 1.27. The first-order valence-corrected chi connectivity index (χ1v) is 4.89. The summed E-state index contributed by atoms with van der Waals surface area (Å²) in [7, 11) is 0. The number of benzene rings is 1. The van der Waals surface area contributed by atoms with Crippen molar-refractivity contribution >= 4 is 23.2 Å². The Hall–Kier alpha value is -1.95. The van der Waals surface area contributed by atoms with Crippen LogP contribution in [-0.2, 0) is 0 Å². The van der Waals surface area contributed by atoms with E-state index in [1.165, 1.54) is 12.3 Å². The predicted octanol–water partition coefficient (Wildman–Crippen LogP) is 2.24. The maximum atomic E-state index is 13.2. The molecule has 4 N–H and O–H groups in total. The molecule has 0 atom stereocenters. The van der Waals surface area contributed by atoms with Gasteiger partial charge < -0.3 is 11.5 Å². The van der Waals surface area contributed by atoms with Crippen LogP contribution in [0, 0.1) is 11.6 Å². The smallest absolute Gasteiger partial charge is 0.220 e. The number of rotatable bonds is 1. The average Bonchev–Trinajstić information content (AvgIpc) is 2.28. The zero-order valence-electron chi connectivity index (χ0n) is 8.42. The molecule has 0 aliphatic heterocycles. The van der Waals surface area contributed by atoms with Crippen molar-refractivity contribution in [1.82, 2.24) is 9.97 Å². The number of anilines is 2. The lowest BCUT2D eigenvalue weighted by molar-refractivity contribution is 0.512. The Bertz CT molecular complexity index is 566. The minimum Gasteiger partial charge on any atom is -0.396 e. The van der Waals surface area contributed by atoms with Gasteiger partial charge in [-0.25, -0.2) is 18.7 Å². The van der Waals surface area contributed by atoms with Gasteiger partial charge >= 0.3 is 0 Å². The Kier molecular flexibility index (Phi) is 2.81. The molecule has 0 saturated heterocycles. The quantitative estimate of drug-likeness (QED) is 0.767. The largest absolute Gasteiger partial charge is 0.396 e. The highest BCUT2D eigenvalue weighted by Crippen LogP contribution is 2.29. The fourth-order valence-corrected chi connectivity index (χ4v) is 1.53. The molecule has 7 heteroatoms. The zero-order chi connectivity index (χ0) is 12.6. The van der Waals surface area contributed by atoms with Crippen molar-refractivity contribution in [2.24, 2.45) is 0 Å². The molecule has 1 heterocycles. The Morgan fingerprint density at radius 3 is 2.53 bits per heavy atom. The second kappa shape index (κ2) is 4.14. The van der Waals surface area contributed by atoms with Gasteiger partial charge in [-0.05, 0) is 12.1 Å². The molecule has 1 aromatic heterocycles. The molecule has 0 unspecified atom stereocenters. The van der Waals surface area contributed by atoms with E-state index in [0.717, 1.165) is 6.07 Å². The number of halogens is 3. The van der Waals surface area contributed by atoms with Crippen molar-refractivity contribution in [2.45, 2.75) is 0 Å². The lowest BCUT2D eigenvalue weighted by Gasteiger charge is -2.06. The second-order valence-electron chi connectivity index (χ2n) is 3.29. The molecule has 0 radical (unpaired) electrons. The first-order chi connectivity index (χ1) is 7.99. The fourth-order valence-electron chi connectivity index (χ4n) is 1.33. The van der Waals surface area contributed by atoms with Crippen LogP contribution in [0.2, 0.25) is 5.02 Å². The van der Waals surface area contributed by atoms with Gasteiger partial charge in [-0.2, -0.15) is 0 Å². The third-order valence-corrected chi connectivity index (χ3v) is 2.37.